The van der Waals surface area contributed by atoms with Gasteiger partial charge in [-0.05, 0) is 24.6 Å². The second kappa shape index (κ2) is 7.70. The molecule has 0 bridgehead atoms. The monoisotopic (exact) mass is 392 g/mol. The summed E-state index contributed by atoms with van der Waals surface area (Å²) in [4.78, 5) is 38.4. The van der Waals surface area contributed by atoms with Gasteiger partial charge < -0.3 is 10.6 Å². The Morgan fingerprint density at radius 1 is 1.14 bits per heavy atom. The highest BCUT2D eigenvalue weighted by molar-refractivity contribution is 6.05. The van der Waals surface area contributed by atoms with Crippen molar-refractivity contribution in [3.8, 4) is 0 Å². The minimum atomic E-state index is -0.881. The van der Waals surface area contributed by atoms with Crippen LogP contribution in [0.4, 0.5) is 4.79 Å². The van der Waals surface area contributed by atoms with Gasteiger partial charge in [0.05, 0.1) is 19.0 Å². The number of hydrogen-bond donors (Lipinski definition) is 2. The van der Waals surface area contributed by atoms with Gasteiger partial charge in [-0.3, -0.25) is 18.9 Å². The van der Waals surface area contributed by atoms with E-state index in [4.69, 9.17) is 0 Å². The lowest BCUT2D eigenvalue weighted by atomic mass is 10.1. The minimum Gasteiger partial charge on any atom is -0.346 e. The Kier molecular flexibility index (Phi) is 4.94. The fourth-order valence-corrected chi connectivity index (χ4v) is 3.34. The Bertz CT molecular complexity index is 1060. The van der Waals surface area contributed by atoms with E-state index in [9.17, 15) is 14.4 Å². The first-order valence-corrected chi connectivity index (χ1v) is 9.28. The normalized spacial score (nSPS) is 17.4. The average Bonchev–Trinajstić information content (AvgIpc) is 3.25. The van der Waals surface area contributed by atoms with Crippen molar-refractivity contribution in [1.29, 1.82) is 0 Å². The summed E-state index contributed by atoms with van der Waals surface area (Å²) in [5, 5.41) is 13.6. The fourth-order valence-electron chi connectivity index (χ4n) is 3.34. The number of carbonyl (C=O) groups excluding carboxylic acids is 3. The predicted molar refractivity (Wildman–Crippen MR) is 103 cm³/mol. The summed E-state index contributed by atoms with van der Waals surface area (Å²) in [6.07, 6.45) is 1.67. The number of aromatic nitrogens is 3. The maximum atomic E-state index is 12.6. The largest absolute Gasteiger partial charge is 0.346 e. The number of pyridine rings is 1. The van der Waals surface area contributed by atoms with Crippen molar-refractivity contribution in [3.05, 3.63) is 66.1 Å². The van der Waals surface area contributed by atoms with Crippen LogP contribution in [0.15, 0.2) is 54.7 Å². The number of amides is 4. The Balaban J connectivity index is 1.38. The van der Waals surface area contributed by atoms with Gasteiger partial charge in [-0.15, -0.1) is 10.2 Å². The van der Waals surface area contributed by atoms with Crippen molar-refractivity contribution >= 4 is 23.5 Å². The zero-order valence-electron chi connectivity index (χ0n) is 15.8. The molecule has 29 heavy (non-hydrogen) atoms. The second-order valence-corrected chi connectivity index (χ2v) is 6.89. The Hall–Kier alpha value is -3.75. The highest BCUT2D eigenvalue weighted by Gasteiger charge is 2.39. The van der Waals surface area contributed by atoms with Crippen LogP contribution in [-0.2, 0) is 16.1 Å². The lowest BCUT2D eigenvalue weighted by Gasteiger charge is -2.15. The van der Waals surface area contributed by atoms with Crippen molar-refractivity contribution < 1.29 is 14.4 Å². The number of hydrogen-bond acceptors (Lipinski definition) is 5. The SMILES string of the molecule is C[C@@H](NC(=O)C[C@@H]1NC(=O)N(Cc2ccccc2)C1=O)c1nnc2ccccn12. The molecule has 4 rings (SSSR count). The summed E-state index contributed by atoms with van der Waals surface area (Å²) in [5.41, 5.74) is 1.52. The molecular weight excluding hydrogens is 372 g/mol. The molecule has 0 aliphatic carbocycles. The number of imide groups is 1. The summed E-state index contributed by atoms with van der Waals surface area (Å²) in [6, 6.07) is 13.0. The summed E-state index contributed by atoms with van der Waals surface area (Å²) < 4.78 is 1.79. The number of fused-ring (bicyclic) bond motifs is 1. The molecule has 0 radical (unpaired) electrons. The van der Waals surface area contributed by atoms with Crippen molar-refractivity contribution in [2.75, 3.05) is 0 Å². The molecule has 9 nitrogen and oxygen atoms in total. The molecule has 2 aromatic heterocycles. The summed E-state index contributed by atoms with van der Waals surface area (Å²) >= 11 is 0. The molecule has 3 aromatic rings. The van der Waals surface area contributed by atoms with Gasteiger partial charge in [0.15, 0.2) is 11.5 Å². The third kappa shape index (κ3) is 3.79. The van der Waals surface area contributed by atoms with E-state index >= 15 is 0 Å². The number of benzene rings is 1. The van der Waals surface area contributed by atoms with Crippen LogP contribution in [0.25, 0.3) is 5.65 Å². The van der Waals surface area contributed by atoms with E-state index in [-0.39, 0.29) is 18.9 Å². The molecule has 1 saturated heterocycles. The number of nitrogens with one attached hydrogen (secondary N) is 2. The molecule has 0 saturated carbocycles. The van der Waals surface area contributed by atoms with Gasteiger partial charge in [0.1, 0.15) is 6.04 Å². The number of carbonyl (C=O) groups is 3. The maximum absolute atomic E-state index is 12.6. The zero-order chi connectivity index (χ0) is 20.4. The van der Waals surface area contributed by atoms with Gasteiger partial charge in [-0.2, -0.15) is 0 Å². The van der Waals surface area contributed by atoms with Crippen LogP contribution in [0.3, 0.4) is 0 Å². The molecule has 0 unspecified atom stereocenters. The first-order valence-electron chi connectivity index (χ1n) is 9.28. The smallest absolute Gasteiger partial charge is 0.325 e. The van der Waals surface area contributed by atoms with Crippen LogP contribution < -0.4 is 10.6 Å². The van der Waals surface area contributed by atoms with Gasteiger partial charge in [0.2, 0.25) is 5.91 Å². The van der Waals surface area contributed by atoms with Crippen molar-refractivity contribution in [2.45, 2.75) is 32.0 Å². The quantitative estimate of drug-likeness (QED) is 0.617. The van der Waals surface area contributed by atoms with Crippen molar-refractivity contribution in [2.24, 2.45) is 0 Å². The summed E-state index contributed by atoms with van der Waals surface area (Å²) in [5.74, 6) is -0.179. The van der Waals surface area contributed by atoms with Crippen LogP contribution >= 0.6 is 0 Å². The van der Waals surface area contributed by atoms with E-state index in [2.05, 4.69) is 20.8 Å². The predicted octanol–water partition coefficient (Wildman–Crippen LogP) is 1.42. The lowest BCUT2D eigenvalue weighted by molar-refractivity contribution is -0.131. The molecule has 1 aliphatic heterocycles. The Morgan fingerprint density at radius 2 is 1.90 bits per heavy atom. The van der Waals surface area contributed by atoms with E-state index in [1.54, 1.807) is 11.3 Å². The van der Waals surface area contributed by atoms with E-state index < -0.39 is 24.0 Å². The minimum absolute atomic E-state index is 0.142. The number of urea groups is 1. The number of rotatable bonds is 6. The molecule has 2 atom stereocenters. The third-order valence-electron chi connectivity index (χ3n) is 4.78. The van der Waals surface area contributed by atoms with Gasteiger partial charge in [-0.25, -0.2) is 4.79 Å². The van der Waals surface area contributed by atoms with Gasteiger partial charge in [0, 0.05) is 6.20 Å². The second-order valence-electron chi connectivity index (χ2n) is 6.89. The highest BCUT2D eigenvalue weighted by atomic mass is 16.2. The van der Waals surface area contributed by atoms with Crippen LogP contribution in [0.2, 0.25) is 0 Å². The molecule has 0 spiro atoms. The third-order valence-corrected chi connectivity index (χ3v) is 4.78. The lowest BCUT2D eigenvalue weighted by Crippen LogP contribution is -2.37. The summed E-state index contributed by atoms with van der Waals surface area (Å²) in [6.45, 7) is 1.96. The number of nitrogens with zero attached hydrogens (tertiary/aromatic N) is 4. The molecule has 3 heterocycles. The van der Waals surface area contributed by atoms with Crippen molar-refractivity contribution in [1.82, 2.24) is 30.1 Å². The van der Waals surface area contributed by atoms with Crippen LogP contribution in [0.1, 0.15) is 30.8 Å². The molecule has 1 aromatic carbocycles. The zero-order valence-corrected chi connectivity index (χ0v) is 15.8. The molecule has 2 N–H and O–H groups in total. The first kappa shape index (κ1) is 18.6. The molecular formula is C20H20N6O3. The van der Waals surface area contributed by atoms with Crippen LogP contribution in [-0.4, -0.2) is 43.4 Å². The molecule has 148 valence electrons. The molecule has 1 aliphatic rings. The van der Waals surface area contributed by atoms with E-state index in [0.717, 1.165) is 10.5 Å². The van der Waals surface area contributed by atoms with Crippen molar-refractivity contribution in [3.63, 3.8) is 0 Å². The van der Waals surface area contributed by atoms with E-state index in [0.29, 0.717) is 11.5 Å². The molecule has 4 amide bonds. The Labute approximate surface area is 166 Å². The fraction of sp³-hybridized carbons (Fsp3) is 0.250. The van der Waals surface area contributed by atoms with Gasteiger partial charge >= 0.3 is 6.03 Å². The maximum Gasteiger partial charge on any atom is 0.325 e. The van der Waals surface area contributed by atoms with Crippen LogP contribution in [0.5, 0.6) is 0 Å². The summed E-state index contributed by atoms with van der Waals surface area (Å²) in [7, 11) is 0. The van der Waals surface area contributed by atoms with Gasteiger partial charge in [0.25, 0.3) is 5.91 Å². The molecule has 1 fully saturated rings. The van der Waals surface area contributed by atoms with Crippen LogP contribution in [0, 0.1) is 0 Å². The molecule has 9 heteroatoms. The standard InChI is InChI=1S/C20H20N6O3/c1-13(18-24-23-16-9-5-6-10-25(16)18)21-17(27)11-15-19(28)26(20(29)22-15)12-14-7-3-2-4-8-14/h2-10,13,15H,11-12H2,1H3,(H,21,27)(H,22,29)/t13-,15+/m1/s1. The van der Waals surface area contributed by atoms with Gasteiger partial charge in [-0.1, -0.05) is 36.4 Å². The van der Waals surface area contributed by atoms with E-state index in [1.807, 2.05) is 54.7 Å². The Morgan fingerprint density at radius 3 is 2.69 bits per heavy atom. The van der Waals surface area contributed by atoms with E-state index in [1.165, 1.54) is 0 Å². The average molecular weight is 392 g/mol. The topological polar surface area (TPSA) is 109 Å². The highest BCUT2D eigenvalue weighted by Crippen LogP contribution is 2.16. The first-order chi connectivity index (χ1) is 14.0.